The first kappa shape index (κ1) is 18.7. The number of rotatable bonds is 5. The third kappa shape index (κ3) is 3.81. The fourth-order valence-corrected chi connectivity index (χ4v) is 4.52. The number of methoxy groups -OCH3 is 2. The maximum Gasteiger partial charge on any atom is 0.339 e. The summed E-state index contributed by atoms with van der Waals surface area (Å²) in [7, 11) is 3.04. The molecule has 0 amide bonds. The SMILES string of the molecule is COC(=O)c1ccc(OC)cc1N1CCN(Cc2nc3ccccc3s2)CC1. The van der Waals surface area contributed by atoms with Crippen molar-refractivity contribution in [1.82, 2.24) is 9.88 Å². The molecule has 0 atom stereocenters. The van der Waals surface area contributed by atoms with E-state index in [0.29, 0.717) is 5.56 Å². The molecule has 1 aromatic heterocycles. The highest BCUT2D eigenvalue weighted by Gasteiger charge is 2.23. The lowest BCUT2D eigenvalue weighted by molar-refractivity contribution is 0.0601. The van der Waals surface area contributed by atoms with Crippen LogP contribution in [0.4, 0.5) is 5.69 Å². The number of carbonyl (C=O) groups excluding carboxylic acids is 1. The first-order valence-corrected chi connectivity index (χ1v) is 10.1. The highest BCUT2D eigenvalue weighted by atomic mass is 32.1. The van der Waals surface area contributed by atoms with Crippen LogP contribution in [-0.4, -0.2) is 56.3 Å². The van der Waals surface area contributed by atoms with Crippen molar-refractivity contribution in [2.75, 3.05) is 45.3 Å². The average Bonchev–Trinajstić information content (AvgIpc) is 3.15. The highest BCUT2D eigenvalue weighted by molar-refractivity contribution is 7.18. The van der Waals surface area contributed by atoms with E-state index in [2.05, 4.69) is 28.0 Å². The number of piperazine rings is 1. The molecule has 4 rings (SSSR count). The molecule has 1 saturated heterocycles. The highest BCUT2D eigenvalue weighted by Crippen LogP contribution is 2.28. The number of anilines is 1. The van der Waals surface area contributed by atoms with Gasteiger partial charge in [0.1, 0.15) is 10.8 Å². The number of hydrogen-bond donors (Lipinski definition) is 0. The number of esters is 1. The average molecular weight is 398 g/mol. The van der Waals surface area contributed by atoms with Gasteiger partial charge in [0.25, 0.3) is 0 Å². The van der Waals surface area contributed by atoms with Gasteiger partial charge < -0.3 is 14.4 Å². The van der Waals surface area contributed by atoms with E-state index in [0.717, 1.165) is 54.7 Å². The Labute approximate surface area is 168 Å². The van der Waals surface area contributed by atoms with E-state index in [9.17, 15) is 4.79 Å². The lowest BCUT2D eigenvalue weighted by atomic mass is 10.1. The van der Waals surface area contributed by atoms with E-state index in [1.165, 1.54) is 11.8 Å². The molecule has 0 saturated carbocycles. The zero-order chi connectivity index (χ0) is 19.5. The lowest BCUT2D eigenvalue weighted by Crippen LogP contribution is -2.46. The summed E-state index contributed by atoms with van der Waals surface area (Å²) >= 11 is 1.76. The van der Waals surface area contributed by atoms with Gasteiger partial charge in [-0.25, -0.2) is 9.78 Å². The van der Waals surface area contributed by atoms with E-state index >= 15 is 0 Å². The summed E-state index contributed by atoms with van der Waals surface area (Å²) in [6, 6.07) is 13.7. The molecule has 7 heteroatoms. The number of para-hydroxylation sites is 1. The molecule has 0 aliphatic carbocycles. The van der Waals surface area contributed by atoms with E-state index in [-0.39, 0.29) is 5.97 Å². The van der Waals surface area contributed by atoms with Gasteiger partial charge >= 0.3 is 5.97 Å². The second-order valence-electron chi connectivity index (χ2n) is 6.71. The van der Waals surface area contributed by atoms with Crippen molar-refractivity contribution < 1.29 is 14.3 Å². The standard InChI is InChI=1S/C21H23N3O3S/c1-26-15-7-8-16(21(25)27-2)18(13-15)24-11-9-23(10-12-24)14-20-22-17-5-3-4-6-19(17)28-20/h3-8,13H,9-12,14H2,1-2H3. The Kier molecular flexibility index (Phi) is 5.45. The molecule has 6 nitrogen and oxygen atoms in total. The summed E-state index contributed by atoms with van der Waals surface area (Å²) in [6.45, 7) is 4.35. The van der Waals surface area contributed by atoms with Crippen LogP contribution < -0.4 is 9.64 Å². The second-order valence-corrected chi connectivity index (χ2v) is 7.83. The first-order valence-electron chi connectivity index (χ1n) is 9.26. The molecule has 0 bridgehead atoms. The predicted octanol–water partition coefficient (Wildman–Crippen LogP) is 3.41. The van der Waals surface area contributed by atoms with Gasteiger partial charge in [0.15, 0.2) is 0 Å². The molecule has 0 spiro atoms. The molecule has 2 heterocycles. The Morgan fingerprint density at radius 3 is 2.61 bits per heavy atom. The number of hydrogen-bond acceptors (Lipinski definition) is 7. The monoisotopic (exact) mass is 397 g/mol. The minimum Gasteiger partial charge on any atom is -0.497 e. The number of fused-ring (bicyclic) bond motifs is 1. The largest absolute Gasteiger partial charge is 0.497 e. The van der Waals surface area contributed by atoms with Crippen LogP contribution in [-0.2, 0) is 11.3 Å². The molecule has 0 unspecified atom stereocenters. The Morgan fingerprint density at radius 1 is 1.11 bits per heavy atom. The Hall–Kier alpha value is -2.64. The van der Waals surface area contributed by atoms with Crippen LogP contribution in [0, 0.1) is 0 Å². The van der Waals surface area contributed by atoms with Crippen molar-refractivity contribution >= 4 is 33.2 Å². The second kappa shape index (κ2) is 8.16. The van der Waals surface area contributed by atoms with Gasteiger partial charge in [-0.2, -0.15) is 0 Å². The predicted molar refractivity (Wildman–Crippen MR) is 111 cm³/mol. The van der Waals surface area contributed by atoms with Gasteiger partial charge in [-0.05, 0) is 24.3 Å². The Morgan fingerprint density at radius 2 is 1.89 bits per heavy atom. The fraction of sp³-hybridized carbons (Fsp3) is 0.333. The molecule has 146 valence electrons. The third-order valence-electron chi connectivity index (χ3n) is 5.02. The Bertz CT molecular complexity index is 947. The van der Waals surface area contributed by atoms with E-state index in [1.54, 1.807) is 30.6 Å². The van der Waals surface area contributed by atoms with Crippen molar-refractivity contribution in [3.05, 3.63) is 53.0 Å². The molecule has 0 radical (unpaired) electrons. The van der Waals surface area contributed by atoms with Crippen LogP contribution in [0.1, 0.15) is 15.4 Å². The molecule has 3 aromatic rings. The number of ether oxygens (including phenoxy) is 2. The zero-order valence-electron chi connectivity index (χ0n) is 16.1. The molecular formula is C21H23N3O3S. The summed E-state index contributed by atoms with van der Waals surface area (Å²) in [5, 5.41) is 1.14. The molecule has 1 aliphatic heterocycles. The first-order chi connectivity index (χ1) is 13.7. The van der Waals surface area contributed by atoms with Crippen LogP contribution in [0.3, 0.4) is 0 Å². The number of carbonyl (C=O) groups is 1. The molecule has 28 heavy (non-hydrogen) atoms. The third-order valence-corrected chi connectivity index (χ3v) is 6.04. The summed E-state index contributed by atoms with van der Waals surface area (Å²) in [5.41, 5.74) is 2.51. The van der Waals surface area contributed by atoms with E-state index < -0.39 is 0 Å². The number of aromatic nitrogens is 1. The van der Waals surface area contributed by atoms with Crippen molar-refractivity contribution in [3.8, 4) is 5.75 Å². The number of thiazole rings is 1. The molecule has 2 aromatic carbocycles. The van der Waals surface area contributed by atoms with Gasteiger partial charge in [-0.3, -0.25) is 4.90 Å². The smallest absolute Gasteiger partial charge is 0.339 e. The van der Waals surface area contributed by atoms with Crippen molar-refractivity contribution in [2.24, 2.45) is 0 Å². The van der Waals surface area contributed by atoms with Crippen molar-refractivity contribution in [3.63, 3.8) is 0 Å². The summed E-state index contributed by atoms with van der Waals surface area (Å²) in [5.74, 6) is 0.411. The van der Waals surface area contributed by atoms with Crippen LogP contribution in [0.15, 0.2) is 42.5 Å². The van der Waals surface area contributed by atoms with Gasteiger partial charge in [0, 0.05) is 32.2 Å². The van der Waals surface area contributed by atoms with Crippen molar-refractivity contribution in [1.29, 1.82) is 0 Å². The number of nitrogens with zero attached hydrogens (tertiary/aromatic N) is 3. The quantitative estimate of drug-likeness (QED) is 0.615. The van der Waals surface area contributed by atoms with Crippen molar-refractivity contribution in [2.45, 2.75) is 6.54 Å². The molecule has 0 N–H and O–H groups in total. The van der Waals surface area contributed by atoms with Gasteiger partial charge in [0.2, 0.25) is 0 Å². The topological polar surface area (TPSA) is 54.9 Å². The molecule has 1 fully saturated rings. The minimum absolute atomic E-state index is 0.324. The normalized spacial score (nSPS) is 15.0. The summed E-state index contributed by atoms with van der Waals surface area (Å²) in [4.78, 5) is 21.5. The van der Waals surface area contributed by atoms with Crippen LogP contribution in [0.2, 0.25) is 0 Å². The maximum absolute atomic E-state index is 12.2. The zero-order valence-corrected chi connectivity index (χ0v) is 16.9. The Balaban J connectivity index is 1.45. The minimum atomic E-state index is -0.324. The molecule has 1 aliphatic rings. The van der Waals surface area contributed by atoms with Crippen LogP contribution in [0.5, 0.6) is 5.75 Å². The summed E-state index contributed by atoms with van der Waals surface area (Å²) < 4.78 is 11.5. The van der Waals surface area contributed by atoms with Gasteiger partial charge in [-0.15, -0.1) is 11.3 Å². The van der Waals surface area contributed by atoms with E-state index in [4.69, 9.17) is 14.5 Å². The number of benzene rings is 2. The maximum atomic E-state index is 12.2. The van der Waals surface area contributed by atoms with Gasteiger partial charge in [-0.1, -0.05) is 12.1 Å². The van der Waals surface area contributed by atoms with E-state index in [1.807, 2.05) is 12.1 Å². The fourth-order valence-electron chi connectivity index (χ4n) is 3.51. The molecular weight excluding hydrogens is 374 g/mol. The summed E-state index contributed by atoms with van der Waals surface area (Å²) in [6.07, 6.45) is 0. The lowest BCUT2D eigenvalue weighted by Gasteiger charge is -2.36. The van der Waals surface area contributed by atoms with Gasteiger partial charge in [0.05, 0.1) is 42.2 Å². The van der Waals surface area contributed by atoms with Crippen LogP contribution in [0.25, 0.3) is 10.2 Å². The van der Waals surface area contributed by atoms with Crippen LogP contribution >= 0.6 is 11.3 Å².